The number of hydrogen-bond acceptors (Lipinski definition) is 4. The van der Waals surface area contributed by atoms with Crippen LogP contribution in [-0.2, 0) is 0 Å². The maximum Gasteiger partial charge on any atom is 0.250 e. The Kier molecular flexibility index (Phi) is 3.06. The van der Waals surface area contributed by atoms with Crippen LogP contribution in [0.15, 0.2) is 30.3 Å². The fraction of sp³-hybridized carbons (Fsp3) is 0.133. The van der Waals surface area contributed by atoms with Crippen molar-refractivity contribution in [2.24, 2.45) is 5.73 Å². The second kappa shape index (κ2) is 4.90. The van der Waals surface area contributed by atoms with Crippen LogP contribution in [0.3, 0.4) is 0 Å². The Labute approximate surface area is 121 Å². The number of nitrogens with two attached hydrogens (primary N) is 1. The highest BCUT2D eigenvalue weighted by Crippen LogP contribution is 2.26. The van der Waals surface area contributed by atoms with E-state index in [1.165, 1.54) is 0 Å². The number of rotatable bonds is 3. The van der Waals surface area contributed by atoms with Crippen LogP contribution < -0.4 is 11.1 Å². The van der Waals surface area contributed by atoms with E-state index in [9.17, 15) is 4.79 Å². The molecule has 6 heteroatoms. The van der Waals surface area contributed by atoms with Gasteiger partial charge in [0.1, 0.15) is 17.3 Å². The van der Waals surface area contributed by atoms with E-state index in [4.69, 9.17) is 5.73 Å². The normalized spacial score (nSPS) is 10.8. The first kappa shape index (κ1) is 13.1. The number of aryl methyl sites for hydroxylation is 2. The molecule has 3 rings (SSSR count). The van der Waals surface area contributed by atoms with Gasteiger partial charge in [0.05, 0.1) is 16.6 Å². The molecule has 106 valence electrons. The maximum atomic E-state index is 11.5. The number of aromatic nitrogens is 3. The topological polar surface area (TPSA) is 96.7 Å². The van der Waals surface area contributed by atoms with Crippen molar-refractivity contribution < 1.29 is 4.79 Å². The number of amides is 1. The summed E-state index contributed by atoms with van der Waals surface area (Å²) in [5.41, 5.74) is 8.21. The zero-order chi connectivity index (χ0) is 15.0. The van der Waals surface area contributed by atoms with E-state index in [1.807, 2.05) is 26.0 Å². The van der Waals surface area contributed by atoms with E-state index in [2.05, 4.69) is 20.3 Å². The molecule has 4 N–H and O–H groups in total. The number of aromatic amines is 1. The SMILES string of the molecule is Cc1nc(Nc2ccccc2C(N)=O)c2cc(C)[nH]c2n1. The van der Waals surface area contributed by atoms with E-state index in [0.29, 0.717) is 22.9 Å². The van der Waals surface area contributed by atoms with Gasteiger partial charge in [-0.25, -0.2) is 9.97 Å². The van der Waals surface area contributed by atoms with Crippen molar-refractivity contribution in [2.75, 3.05) is 5.32 Å². The number of primary amides is 1. The molecular weight excluding hydrogens is 266 g/mol. The zero-order valence-electron chi connectivity index (χ0n) is 11.8. The van der Waals surface area contributed by atoms with E-state index in [-0.39, 0.29) is 0 Å². The summed E-state index contributed by atoms with van der Waals surface area (Å²) in [6.07, 6.45) is 0. The van der Waals surface area contributed by atoms with Gasteiger partial charge in [-0.2, -0.15) is 0 Å². The standard InChI is InChI=1S/C15H15N5O/c1-8-7-11-14(17-8)18-9(2)19-15(11)20-12-6-4-3-5-10(12)13(16)21/h3-7H,1-2H3,(H2,16,21)(H2,17,18,19,20). The van der Waals surface area contributed by atoms with Gasteiger partial charge >= 0.3 is 0 Å². The van der Waals surface area contributed by atoms with Gasteiger partial charge in [-0.1, -0.05) is 12.1 Å². The molecule has 2 aromatic heterocycles. The molecule has 0 bridgehead atoms. The first-order chi connectivity index (χ1) is 10.0. The van der Waals surface area contributed by atoms with E-state index in [0.717, 1.165) is 16.7 Å². The molecular formula is C15H15N5O. The minimum atomic E-state index is -0.481. The molecule has 0 saturated carbocycles. The molecule has 0 aliphatic heterocycles. The Morgan fingerprint density at radius 1 is 1.24 bits per heavy atom. The van der Waals surface area contributed by atoms with Crippen LogP contribution >= 0.6 is 0 Å². The third kappa shape index (κ3) is 2.43. The molecule has 0 spiro atoms. The number of fused-ring (bicyclic) bond motifs is 1. The summed E-state index contributed by atoms with van der Waals surface area (Å²) in [4.78, 5) is 23.4. The van der Waals surface area contributed by atoms with Gasteiger partial charge in [0.2, 0.25) is 0 Å². The number of anilines is 2. The molecule has 3 aromatic rings. The van der Waals surface area contributed by atoms with Crippen molar-refractivity contribution in [1.29, 1.82) is 0 Å². The third-order valence-corrected chi connectivity index (χ3v) is 3.18. The lowest BCUT2D eigenvalue weighted by Gasteiger charge is -2.10. The second-order valence-corrected chi connectivity index (χ2v) is 4.87. The molecule has 0 radical (unpaired) electrons. The lowest BCUT2D eigenvalue weighted by Crippen LogP contribution is -2.13. The number of hydrogen-bond donors (Lipinski definition) is 3. The molecule has 0 saturated heterocycles. The van der Waals surface area contributed by atoms with Crippen molar-refractivity contribution in [3.63, 3.8) is 0 Å². The van der Waals surface area contributed by atoms with Gasteiger partial charge in [-0.05, 0) is 32.0 Å². The fourth-order valence-electron chi connectivity index (χ4n) is 2.28. The predicted octanol–water partition coefficient (Wildman–Crippen LogP) is 2.42. The van der Waals surface area contributed by atoms with E-state index < -0.39 is 5.91 Å². The van der Waals surface area contributed by atoms with Crippen molar-refractivity contribution in [3.05, 3.63) is 47.4 Å². The lowest BCUT2D eigenvalue weighted by atomic mass is 10.1. The number of carbonyl (C=O) groups excluding carboxylic acids is 1. The summed E-state index contributed by atoms with van der Waals surface area (Å²) in [5, 5.41) is 4.05. The Hall–Kier alpha value is -2.89. The Morgan fingerprint density at radius 2 is 2.00 bits per heavy atom. The zero-order valence-corrected chi connectivity index (χ0v) is 11.8. The van der Waals surface area contributed by atoms with Crippen molar-refractivity contribution in [3.8, 4) is 0 Å². The second-order valence-electron chi connectivity index (χ2n) is 4.87. The summed E-state index contributed by atoms with van der Waals surface area (Å²) in [6.45, 7) is 3.78. The molecule has 0 unspecified atom stereocenters. The van der Waals surface area contributed by atoms with Crippen LogP contribution in [0, 0.1) is 13.8 Å². The quantitative estimate of drug-likeness (QED) is 0.686. The molecule has 0 aliphatic carbocycles. The highest BCUT2D eigenvalue weighted by Gasteiger charge is 2.12. The van der Waals surface area contributed by atoms with Crippen LogP contribution in [0.4, 0.5) is 11.5 Å². The maximum absolute atomic E-state index is 11.5. The number of nitrogens with zero attached hydrogens (tertiary/aromatic N) is 2. The minimum Gasteiger partial charge on any atom is -0.366 e. The first-order valence-corrected chi connectivity index (χ1v) is 6.54. The van der Waals surface area contributed by atoms with Crippen LogP contribution in [-0.4, -0.2) is 20.9 Å². The average molecular weight is 281 g/mol. The molecule has 0 fully saturated rings. The molecule has 2 heterocycles. The van der Waals surface area contributed by atoms with E-state index >= 15 is 0 Å². The summed E-state index contributed by atoms with van der Waals surface area (Å²) in [7, 11) is 0. The molecule has 1 amide bonds. The monoisotopic (exact) mass is 281 g/mol. The fourth-order valence-corrected chi connectivity index (χ4v) is 2.28. The van der Waals surface area contributed by atoms with Gasteiger partial charge in [0, 0.05) is 5.69 Å². The lowest BCUT2D eigenvalue weighted by molar-refractivity contribution is 0.100. The predicted molar refractivity (Wildman–Crippen MR) is 81.6 cm³/mol. The molecule has 21 heavy (non-hydrogen) atoms. The van der Waals surface area contributed by atoms with Gasteiger partial charge in [-0.15, -0.1) is 0 Å². The average Bonchev–Trinajstić information content (AvgIpc) is 2.79. The van der Waals surface area contributed by atoms with Crippen molar-refractivity contribution in [1.82, 2.24) is 15.0 Å². The number of para-hydroxylation sites is 1. The van der Waals surface area contributed by atoms with Crippen LogP contribution in [0.1, 0.15) is 21.9 Å². The summed E-state index contributed by atoms with van der Waals surface area (Å²) < 4.78 is 0. The Bertz CT molecular complexity index is 837. The summed E-state index contributed by atoms with van der Waals surface area (Å²) >= 11 is 0. The number of nitrogens with one attached hydrogen (secondary N) is 2. The first-order valence-electron chi connectivity index (χ1n) is 6.54. The molecule has 1 aromatic carbocycles. The van der Waals surface area contributed by atoms with Crippen LogP contribution in [0.2, 0.25) is 0 Å². The van der Waals surface area contributed by atoms with Gasteiger partial charge in [0.25, 0.3) is 5.91 Å². The van der Waals surface area contributed by atoms with Crippen molar-refractivity contribution in [2.45, 2.75) is 13.8 Å². The number of carbonyl (C=O) groups is 1. The molecule has 0 aliphatic rings. The largest absolute Gasteiger partial charge is 0.366 e. The van der Waals surface area contributed by atoms with Gasteiger partial charge < -0.3 is 16.0 Å². The number of benzene rings is 1. The van der Waals surface area contributed by atoms with Crippen LogP contribution in [0.25, 0.3) is 11.0 Å². The molecule has 0 atom stereocenters. The van der Waals surface area contributed by atoms with Crippen molar-refractivity contribution >= 4 is 28.4 Å². The molecule has 6 nitrogen and oxygen atoms in total. The summed E-state index contributed by atoms with van der Waals surface area (Å²) in [6, 6.07) is 9.04. The Balaban J connectivity index is 2.12. The Morgan fingerprint density at radius 3 is 2.76 bits per heavy atom. The van der Waals surface area contributed by atoms with Gasteiger partial charge in [-0.3, -0.25) is 4.79 Å². The van der Waals surface area contributed by atoms with Crippen LogP contribution in [0.5, 0.6) is 0 Å². The number of H-pyrrole nitrogens is 1. The highest BCUT2D eigenvalue weighted by molar-refractivity contribution is 6.00. The van der Waals surface area contributed by atoms with Gasteiger partial charge in [0.15, 0.2) is 0 Å². The highest BCUT2D eigenvalue weighted by atomic mass is 16.1. The summed E-state index contributed by atoms with van der Waals surface area (Å²) in [5.74, 6) is 0.810. The smallest absolute Gasteiger partial charge is 0.250 e. The third-order valence-electron chi connectivity index (χ3n) is 3.18. The van der Waals surface area contributed by atoms with E-state index in [1.54, 1.807) is 18.2 Å². The minimum absolute atomic E-state index is 0.425.